The number of hydrogen-bond donors (Lipinski definition) is 0. The Bertz CT molecular complexity index is 1390. The molecule has 0 aliphatic heterocycles. The van der Waals surface area contributed by atoms with Crippen LogP contribution in [0.1, 0.15) is 38.9 Å². The van der Waals surface area contributed by atoms with E-state index in [0.717, 1.165) is 6.42 Å². The van der Waals surface area contributed by atoms with Crippen molar-refractivity contribution >= 4 is 5.57 Å². The third-order valence-corrected chi connectivity index (χ3v) is 7.52. The maximum Gasteiger partial charge on any atom is 0.0443 e. The fourth-order valence-electron chi connectivity index (χ4n) is 6.19. The van der Waals surface area contributed by atoms with E-state index >= 15 is 0 Å². The standard InChI is InChI=1S/C30H22/c1-18-11-13-20-23-14-12-19(2)25-16-30(17-26(29(23)25)24(20)15-18)27-9-5-3-7-21(27)22-8-4-6-10-28(22)30/h3-15,17H,16H2,1-2H3. The van der Waals surface area contributed by atoms with Crippen LogP contribution in [0.4, 0.5) is 0 Å². The summed E-state index contributed by atoms with van der Waals surface area (Å²) in [5, 5.41) is 0. The van der Waals surface area contributed by atoms with Gasteiger partial charge in [0, 0.05) is 5.41 Å². The average Bonchev–Trinajstić information content (AvgIpc) is 3.23. The van der Waals surface area contributed by atoms with E-state index in [1.807, 2.05) is 0 Å². The summed E-state index contributed by atoms with van der Waals surface area (Å²) >= 11 is 0. The van der Waals surface area contributed by atoms with Crippen LogP contribution in [0.3, 0.4) is 0 Å². The molecule has 0 radical (unpaired) electrons. The maximum absolute atomic E-state index is 2.61. The van der Waals surface area contributed by atoms with Crippen LogP contribution in [-0.2, 0) is 11.8 Å². The minimum absolute atomic E-state index is 0.0930. The van der Waals surface area contributed by atoms with Gasteiger partial charge in [-0.1, -0.05) is 90.5 Å². The highest BCUT2D eigenvalue weighted by atomic mass is 14.5. The Hall–Kier alpha value is -3.38. The Morgan fingerprint density at radius 3 is 2.03 bits per heavy atom. The minimum Gasteiger partial charge on any atom is -0.0619 e. The minimum atomic E-state index is -0.0930. The molecular weight excluding hydrogens is 360 g/mol. The molecule has 0 unspecified atom stereocenters. The van der Waals surface area contributed by atoms with Gasteiger partial charge in [-0.3, -0.25) is 0 Å². The zero-order chi connectivity index (χ0) is 20.0. The van der Waals surface area contributed by atoms with Crippen molar-refractivity contribution in [3.05, 3.63) is 124 Å². The lowest BCUT2D eigenvalue weighted by atomic mass is 9.67. The van der Waals surface area contributed by atoms with Crippen LogP contribution in [0.15, 0.2) is 84.9 Å². The summed E-state index contributed by atoms with van der Waals surface area (Å²) in [6, 6.07) is 29.7. The highest BCUT2D eigenvalue weighted by molar-refractivity contribution is 6.05. The molecule has 0 heteroatoms. The molecule has 4 aromatic carbocycles. The second-order valence-corrected chi connectivity index (χ2v) is 9.13. The highest BCUT2D eigenvalue weighted by Crippen LogP contribution is 2.58. The van der Waals surface area contributed by atoms with E-state index in [0.29, 0.717) is 0 Å². The van der Waals surface area contributed by atoms with Gasteiger partial charge in [0.1, 0.15) is 0 Å². The summed E-state index contributed by atoms with van der Waals surface area (Å²) in [6.07, 6.45) is 3.64. The van der Waals surface area contributed by atoms with Gasteiger partial charge in [-0.2, -0.15) is 0 Å². The van der Waals surface area contributed by atoms with Crippen LogP contribution in [0, 0.1) is 13.8 Å². The molecule has 0 amide bonds. The quantitative estimate of drug-likeness (QED) is 0.265. The number of aryl methyl sites for hydroxylation is 2. The van der Waals surface area contributed by atoms with Crippen molar-refractivity contribution < 1.29 is 0 Å². The van der Waals surface area contributed by atoms with Crippen LogP contribution < -0.4 is 0 Å². The van der Waals surface area contributed by atoms with Crippen molar-refractivity contribution in [1.82, 2.24) is 0 Å². The first kappa shape index (κ1) is 16.4. The van der Waals surface area contributed by atoms with Gasteiger partial charge < -0.3 is 0 Å². The van der Waals surface area contributed by atoms with E-state index in [-0.39, 0.29) is 5.41 Å². The number of allylic oxidation sites excluding steroid dienone is 1. The molecule has 0 saturated heterocycles. The van der Waals surface area contributed by atoms with E-state index in [1.54, 1.807) is 0 Å². The molecule has 0 N–H and O–H groups in total. The zero-order valence-corrected chi connectivity index (χ0v) is 17.3. The van der Waals surface area contributed by atoms with Crippen LogP contribution in [0.25, 0.3) is 27.8 Å². The first-order valence-electron chi connectivity index (χ1n) is 10.8. The highest BCUT2D eigenvalue weighted by Gasteiger charge is 2.46. The Balaban J connectivity index is 1.64. The first-order chi connectivity index (χ1) is 14.7. The fraction of sp³-hybridized carbons (Fsp3) is 0.133. The van der Waals surface area contributed by atoms with E-state index in [9.17, 15) is 0 Å². The zero-order valence-electron chi connectivity index (χ0n) is 17.3. The molecular formula is C30H22. The van der Waals surface area contributed by atoms with Crippen molar-refractivity contribution in [2.75, 3.05) is 0 Å². The number of rotatable bonds is 0. The first-order valence-corrected chi connectivity index (χ1v) is 10.8. The predicted molar refractivity (Wildman–Crippen MR) is 125 cm³/mol. The molecule has 0 atom stereocenters. The van der Waals surface area contributed by atoms with E-state index in [4.69, 9.17) is 0 Å². The summed E-state index contributed by atoms with van der Waals surface area (Å²) in [7, 11) is 0. The van der Waals surface area contributed by atoms with Gasteiger partial charge in [-0.05, 0) is 81.5 Å². The van der Waals surface area contributed by atoms with Gasteiger partial charge in [0.2, 0.25) is 0 Å². The van der Waals surface area contributed by atoms with Gasteiger partial charge in [0.05, 0.1) is 0 Å². The van der Waals surface area contributed by atoms with Crippen molar-refractivity contribution in [2.24, 2.45) is 0 Å². The Labute approximate surface area is 177 Å². The normalized spacial score (nSPS) is 16.0. The monoisotopic (exact) mass is 382 g/mol. The van der Waals surface area contributed by atoms with Crippen molar-refractivity contribution in [3.8, 4) is 22.3 Å². The predicted octanol–water partition coefficient (Wildman–Crippen LogP) is 7.24. The molecule has 0 fully saturated rings. The summed E-state index contributed by atoms with van der Waals surface area (Å²) in [5.41, 5.74) is 17.0. The van der Waals surface area contributed by atoms with Gasteiger partial charge in [-0.25, -0.2) is 0 Å². The lowest BCUT2D eigenvalue weighted by Gasteiger charge is -2.35. The molecule has 7 rings (SSSR count). The third kappa shape index (κ3) is 1.83. The van der Waals surface area contributed by atoms with Crippen molar-refractivity contribution in [3.63, 3.8) is 0 Å². The van der Waals surface area contributed by atoms with Gasteiger partial charge in [0.25, 0.3) is 0 Å². The molecule has 0 bridgehead atoms. The molecule has 0 aromatic heterocycles. The van der Waals surface area contributed by atoms with E-state index < -0.39 is 0 Å². The number of benzene rings is 4. The second kappa shape index (κ2) is 5.40. The fourth-order valence-corrected chi connectivity index (χ4v) is 6.19. The topological polar surface area (TPSA) is 0 Å². The molecule has 30 heavy (non-hydrogen) atoms. The van der Waals surface area contributed by atoms with Gasteiger partial charge >= 0.3 is 0 Å². The Morgan fingerprint density at radius 1 is 0.633 bits per heavy atom. The lowest BCUT2D eigenvalue weighted by Crippen LogP contribution is -2.29. The maximum atomic E-state index is 2.61. The van der Waals surface area contributed by atoms with Crippen LogP contribution in [0.5, 0.6) is 0 Å². The largest absolute Gasteiger partial charge is 0.0619 e. The smallest absolute Gasteiger partial charge is 0.0443 e. The molecule has 4 aromatic rings. The second-order valence-electron chi connectivity index (χ2n) is 9.13. The van der Waals surface area contributed by atoms with Crippen LogP contribution in [0.2, 0.25) is 0 Å². The molecule has 1 spiro atoms. The average molecular weight is 383 g/mol. The van der Waals surface area contributed by atoms with Crippen LogP contribution in [-0.4, -0.2) is 0 Å². The third-order valence-electron chi connectivity index (χ3n) is 7.52. The molecule has 0 heterocycles. The van der Waals surface area contributed by atoms with E-state index in [2.05, 4.69) is 98.8 Å². The van der Waals surface area contributed by atoms with Crippen LogP contribution >= 0.6 is 0 Å². The summed E-state index contributed by atoms with van der Waals surface area (Å²) in [4.78, 5) is 0. The summed E-state index contributed by atoms with van der Waals surface area (Å²) in [6.45, 7) is 4.49. The Kier molecular flexibility index (Phi) is 2.96. The number of fused-ring (bicyclic) bond motifs is 8. The Morgan fingerprint density at radius 2 is 1.30 bits per heavy atom. The molecule has 3 aliphatic carbocycles. The summed E-state index contributed by atoms with van der Waals surface area (Å²) in [5.74, 6) is 0. The molecule has 0 nitrogen and oxygen atoms in total. The molecule has 3 aliphatic rings. The number of hydrogen-bond acceptors (Lipinski definition) is 0. The van der Waals surface area contributed by atoms with Gasteiger partial charge in [0.15, 0.2) is 0 Å². The van der Waals surface area contributed by atoms with E-state index in [1.165, 1.54) is 66.8 Å². The van der Waals surface area contributed by atoms with Crippen molar-refractivity contribution in [1.29, 1.82) is 0 Å². The van der Waals surface area contributed by atoms with Crippen molar-refractivity contribution in [2.45, 2.75) is 25.7 Å². The van der Waals surface area contributed by atoms with Gasteiger partial charge in [-0.15, -0.1) is 0 Å². The lowest BCUT2D eigenvalue weighted by molar-refractivity contribution is 0.646. The summed E-state index contributed by atoms with van der Waals surface area (Å²) < 4.78 is 0. The molecule has 0 saturated carbocycles. The SMILES string of the molecule is Cc1ccc2c(c1)C1=CC3(Cc4c(C)ccc-2c41)c1ccccc1-c1ccccc13. The molecule has 142 valence electrons.